The normalized spacial score (nSPS) is 19.1. The topological polar surface area (TPSA) is 46.3 Å². The van der Waals surface area contributed by atoms with Crippen LogP contribution >= 0.6 is 0 Å². The fourth-order valence-electron chi connectivity index (χ4n) is 2.99. The number of likely N-dealkylation sites (tertiary alicyclic amines) is 1. The third-order valence-electron chi connectivity index (χ3n) is 4.41. The largest absolute Gasteiger partial charge is 0.416 e. The highest BCUT2D eigenvalue weighted by atomic mass is 19.4. The molecule has 3 nitrogen and oxygen atoms in total. The molecule has 1 fully saturated rings. The van der Waals surface area contributed by atoms with Gasteiger partial charge in [0.2, 0.25) is 5.91 Å². The summed E-state index contributed by atoms with van der Waals surface area (Å²) in [6, 6.07) is 5.42. The van der Waals surface area contributed by atoms with Gasteiger partial charge in [0, 0.05) is 12.5 Å². The summed E-state index contributed by atoms with van der Waals surface area (Å²) in [5.74, 6) is 0.0581. The molecule has 1 atom stereocenters. The number of nitrogens with zero attached hydrogens (tertiary/aromatic N) is 1. The summed E-state index contributed by atoms with van der Waals surface area (Å²) in [7, 11) is 0. The smallest absolute Gasteiger partial charge is 0.370 e. The number of rotatable bonds is 4. The van der Waals surface area contributed by atoms with Crippen LogP contribution in [0.2, 0.25) is 0 Å². The Hall–Kier alpha value is -1.56. The van der Waals surface area contributed by atoms with Crippen molar-refractivity contribution in [3.63, 3.8) is 0 Å². The monoisotopic (exact) mass is 314 g/mol. The summed E-state index contributed by atoms with van der Waals surface area (Å²) >= 11 is 0. The highest BCUT2D eigenvalue weighted by Crippen LogP contribution is 2.32. The summed E-state index contributed by atoms with van der Waals surface area (Å²) in [6.07, 6.45) is -2.08. The van der Waals surface area contributed by atoms with Gasteiger partial charge in [0.1, 0.15) is 0 Å². The Kier molecular flexibility index (Phi) is 5.11. The second-order valence-electron chi connectivity index (χ2n) is 5.95. The zero-order chi connectivity index (χ0) is 16.3. The highest BCUT2D eigenvalue weighted by Gasteiger charge is 2.30. The van der Waals surface area contributed by atoms with Crippen LogP contribution in [0.25, 0.3) is 0 Å². The van der Waals surface area contributed by atoms with Gasteiger partial charge in [-0.2, -0.15) is 13.2 Å². The van der Waals surface area contributed by atoms with Gasteiger partial charge in [0.05, 0.1) is 5.56 Å². The molecule has 0 aromatic heterocycles. The van der Waals surface area contributed by atoms with Crippen LogP contribution in [0.1, 0.15) is 43.4 Å². The van der Waals surface area contributed by atoms with E-state index in [-0.39, 0.29) is 11.9 Å². The van der Waals surface area contributed by atoms with Gasteiger partial charge in [-0.15, -0.1) is 0 Å². The minimum atomic E-state index is -4.30. The summed E-state index contributed by atoms with van der Waals surface area (Å²) in [4.78, 5) is 13.2. The summed E-state index contributed by atoms with van der Waals surface area (Å²) in [6.45, 7) is 3.66. The predicted molar refractivity (Wildman–Crippen MR) is 78.0 cm³/mol. The number of carbonyl (C=O) groups is 1. The van der Waals surface area contributed by atoms with Crippen molar-refractivity contribution in [3.05, 3.63) is 35.4 Å². The van der Waals surface area contributed by atoms with Crippen molar-refractivity contribution in [1.29, 1.82) is 0 Å². The number of halogens is 3. The van der Waals surface area contributed by atoms with Crippen molar-refractivity contribution in [2.75, 3.05) is 13.1 Å². The van der Waals surface area contributed by atoms with E-state index in [9.17, 15) is 18.0 Å². The maximum Gasteiger partial charge on any atom is 0.416 e. The molecular formula is C16H21F3N2O. The Labute approximate surface area is 128 Å². The second kappa shape index (κ2) is 6.69. The van der Waals surface area contributed by atoms with E-state index in [1.54, 1.807) is 12.1 Å². The van der Waals surface area contributed by atoms with Crippen molar-refractivity contribution >= 4 is 5.91 Å². The van der Waals surface area contributed by atoms with Crippen LogP contribution < -0.4 is 5.73 Å². The number of hydrogen-bond donors (Lipinski definition) is 1. The third-order valence-corrected chi connectivity index (χ3v) is 4.41. The first kappa shape index (κ1) is 16.8. The van der Waals surface area contributed by atoms with E-state index in [0.29, 0.717) is 12.3 Å². The molecular weight excluding hydrogens is 293 g/mol. The van der Waals surface area contributed by atoms with E-state index < -0.39 is 11.7 Å². The van der Waals surface area contributed by atoms with E-state index >= 15 is 0 Å². The van der Waals surface area contributed by atoms with E-state index in [4.69, 9.17) is 5.73 Å². The Morgan fingerprint density at radius 2 is 1.82 bits per heavy atom. The molecule has 2 rings (SSSR count). The van der Waals surface area contributed by atoms with E-state index in [1.807, 2.05) is 6.92 Å². The molecule has 1 aromatic carbocycles. The summed E-state index contributed by atoms with van der Waals surface area (Å²) < 4.78 is 37.7. The molecule has 6 heteroatoms. The van der Waals surface area contributed by atoms with Crippen LogP contribution in [0.15, 0.2) is 24.3 Å². The Bertz CT molecular complexity index is 505. The van der Waals surface area contributed by atoms with E-state index in [1.165, 1.54) is 0 Å². The molecule has 1 aliphatic heterocycles. The molecule has 0 saturated carbocycles. The molecule has 0 spiro atoms. The first-order valence-corrected chi connectivity index (χ1v) is 7.47. The van der Waals surface area contributed by atoms with Gasteiger partial charge in [-0.3, -0.25) is 9.69 Å². The Morgan fingerprint density at radius 1 is 1.27 bits per heavy atom. The van der Waals surface area contributed by atoms with Crippen molar-refractivity contribution in [2.45, 2.75) is 38.4 Å². The fraction of sp³-hybridized carbons (Fsp3) is 0.562. The zero-order valence-electron chi connectivity index (χ0n) is 12.6. The number of alkyl halides is 3. The molecule has 122 valence electrons. The molecule has 1 heterocycles. The van der Waals surface area contributed by atoms with Gasteiger partial charge in [0.15, 0.2) is 0 Å². The van der Waals surface area contributed by atoms with Gasteiger partial charge in [-0.05, 0) is 56.5 Å². The number of hydrogen-bond acceptors (Lipinski definition) is 2. The van der Waals surface area contributed by atoms with Crippen LogP contribution in [0, 0.1) is 5.92 Å². The van der Waals surface area contributed by atoms with Gasteiger partial charge in [-0.1, -0.05) is 12.1 Å². The van der Waals surface area contributed by atoms with Crippen molar-refractivity contribution in [2.24, 2.45) is 11.7 Å². The average Bonchev–Trinajstić information content (AvgIpc) is 2.46. The predicted octanol–water partition coefficient (Wildman–Crippen LogP) is 3.35. The second-order valence-corrected chi connectivity index (χ2v) is 5.95. The molecule has 0 unspecified atom stereocenters. The lowest BCUT2D eigenvalue weighted by Crippen LogP contribution is -2.36. The molecule has 22 heavy (non-hydrogen) atoms. The van der Waals surface area contributed by atoms with Crippen molar-refractivity contribution in [1.82, 2.24) is 4.90 Å². The van der Waals surface area contributed by atoms with Crippen LogP contribution in [0.4, 0.5) is 13.2 Å². The quantitative estimate of drug-likeness (QED) is 0.926. The van der Waals surface area contributed by atoms with Crippen LogP contribution in [-0.2, 0) is 11.0 Å². The number of carbonyl (C=O) groups excluding carboxylic acids is 1. The minimum Gasteiger partial charge on any atom is -0.370 e. The average molecular weight is 314 g/mol. The molecule has 2 N–H and O–H groups in total. The Morgan fingerprint density at radius 3 is 2.27 bits per heavy atom. The molecule has 0 bridgehead atoms. The van der Waals surface area contributed by atoms with Crippen LogP contribution in [0.5, 0.6) is 0 Å². The lowest BCUT2D eigenvalue weighted by atomic mass is 9.91. The molecule has 1 aromatic rings. The first-order chi connectivity index (χ1) is 10.3. The van der Waals surface area contributed by atoms with Crippen LogP contribution in [0.3, 0.4) is 0 Å². The first-order valence-electron chi connectivity index (χ1n) is 7.47. The molecule has 1 amide bonds. The van der Waals surface area contributed by atoms with Gasteiger partial charge in [0.25, 0.3) is 0 Å². The molecule has 1 saturated heterocycles. The molecule has 0 aliphatic carbocycles. The zero-order valence-corrected chi connectivity index (χ0v) is 12.6. The lowest BCUT2D eigenvalue weighted by Gasteiger charge is -2.36. The summed E-state index contributed by atoms with van der Waals surface area (Å²) in [5, 5.41) is 0. The van der Waals surface area contributed by atoms with E-state index in [2.05, 4.69) is 4.90 Å². The lowest BCUT2D eigenvalue weighted by molar-refractivity contribution is -0.137. The van der Waals surface area contributed by atoms with Crippen molar-refractivity contribution < 1.29 is 18.0 Å². The fourth-order valence-corrected chi connectivity index (χ4v) is 2.99. The summed E-state index contributed by atoms with van der Waals surface area (Å²) in [5.41, 5.74) is 5.47. The number of benzene rings is 1. The number of amides is 1. The minimum absolute atomic E-state index is 0.0665. The van der Waals surface area contributed by atoms with Gasteiger partial charge < -0.3 is 5.73 Å². The van der Waals surface area contributed by atoms with E-state index in [0.717, 1.165) is 43.6 Å². The van der Waals surface area contributed by atoms with Crippen molar-refractivity contribution in [3.8, 4) is 0 Å². The number of piperidine rings is 1. The molecule has 0 radical (unpaired) electrons. The maximum absolute atomic E-state index is 12.6. The third kappa shape index (κ3) is 4.22. The van der Waals surface area contributed by atoms with Gasteiger partial charge >= 0.3 is 6.18 Å². The maximum atomic E-state index is 12.6. The number of nitrogens with two attached hydrogens (primary N) is 1. The van der Waals surface area contributed by atoms with Gasteiger partial charge in [-0.25, -0.2) is 0 Å². The SMILES string of the molecule is C[C@H](c1ccc(C(F)(F)F)cc1)N1CCC(CC(N)=O)CC1. The highest BCUT2D eigenvalue weighted by molar-refractivity contribution is 5.73. The Balaban J connectivity index is 1.95. The standard InChI is InChI=1S/C16H21F3N2O/c1-11(13-2-4-14(5-3-13)16(17,18)19)21-8-6-12(7-9-21)10-15(20)22/h2-5,11-12H,6-10H2,1H3,(H2,20,22)/t11-/m1/s1. The van der Waals surface area contributed by atoms with Crippen LogP contribution in [-0.4, -0.2) is 23.9 Å². The number of primary amides is 1. The molecule has 1 aliphatic rings.